The second-order valence-electron chi connectivity index (χ2n) is 6.39. The van der Waals surface area contributed by atoms with Gasteiger partial charge in [0.2, 0.25) is 0 Å². The van der Waals surface area contributed by atoms with E-state index in [4.69, 9.17) is 9.68 Å². The van der Waals surface area contributed by atoms with Crippen molar-refractivity contribution in [2.45, 2.75) is 19.5 Å². The number of nitriles is 1. The van der Waals surface area contributed by atoms with Crippen LogP contribution in [-0.4, -0.2) is 43.9 Å². The van der Waals surface area contributed by atoms with E-state index in [1.165, 1.54) is 0 Å². The molecule has 0 radical (unpaired) electrons. The van der Waals surface area contributed by atoms with Crippen molar-refractivity contribution in [3.05, 3.63) is 59.5 Å². The number of nitrogens with one attached hydrogen (secondary N) is 2. The van der Waals surface area contributed by atoms with Gasteiger partial charge in [-0.1, -0.05) is 12.1 Å². The average Bonchev–Trinajstić information content (AvgIpc) is 3.18. The van der Waals surface area contributed by atoms with Gasteiger partial charge in [0.1, 0.15) is 12.3 Å². The first-order valence-corrected chi connectivity index (χ1v) is 8.83. The molecule has 0 aliphatic rings. The third-order valence-electron chi connectivity index (χ3n) is 4.18. The lowest BCUT2D eigenvalue weighted by molar-refractivity contribution is -0.885. The first-order chi connectivity index (χ1) is 13.0. The molecule has 1 aromatic carbocycles. The van der Waals surface area contributed by atoms with Gasteiger partial charge in [-0.05, 0) is 24.3 Å². The van der Waals surface area contributed by atoms with Gasteiger partial charge in [-0.3, -0.25) is 9.59 Å². The number of quaternary nitrogens is 1. The second-order valence-corrected chi connectivity index (χ2v) is 6.39. The zero-order valence-corrected chi connectivity index (χ0v) is 15.7. The van der Waals surface area contributed by atoms with Gasteiger partial charge in [-0.15, -0.1) is 0 Å². The number of rotatable bonds is 9. The van der Waals surface area contributed by atoms with E-state index >= 15 is 0 Å². The van der Waals surface area contributed by atoms with Gasteiger partial charge < -0.3 is 19.5 Å². The van der Waals surface area contributed by atoms with Crippen molar-refractivity contribution in [1.82, 2.24) is 10.2 Å². The molecule has 0 saturated heterocycles. The van der Waals surface area contributed by atoms with E-state index in [0.29, 0.717) is 37.5 Å². The van der Waals surface area contributed by atoms with Gasteiger partial charge >= 0.3 is 0 Å². The molecule has 0 aliphatic carbocycles. The van der Waals surface area contributed by atoms with Crippen LogP contribution in [-0.2, 0) is 17.9 Å². The first-order valence-electron chi connectivity index (χ1n) is 8.83. The van der Waals surface area contributed by atoms with Gasteiger partial charge in [-0.2, -0.15) is 5.26 Å². The van der Waals surface area contributed by atoms with Crippen molar-refractivity contribution >= 4 is 11.8 Å². The number of likely N-dealkylation sites (N-methyl/N-ethyl adjacent to an activating group) is 1. The van der Waals surface area contributed by atoms with Gasteiger partial charge in [0.05, 0.1) is 32.3 Å². The monoisotopic (exact) mass is 369 g/mol. The highest BCUT2D eigenvalue weighted by molar-refractivity contribution is 5.93. The first kappa shape index (κ1) is 20.2. The molecule has 0 bridgehead atoms. The highest BCUT2D eigenvalue weighted by Crippen LogP contribution is 2.06. The van der Waals surface area contributed by atoms with Crippen molar-refractivity contribution in [2.24, 2.45) is 0 Å². The molecule has 2 amide bonds. The van der Waals surface area contributed by atoms with Gasteiger partial charge in [-0.25, -0.2) is 0 Å². The predicted molar refractivity (Wildman–Crippen MR) is 99.6 cm³/mol. The molecule has 0 saturated carbocycles. The normalized spacial score (nSPS) is 11.4. The summed E-state index contributed by atoms with van der Waals surface area (Å²) in [5.41, 5.74) is 1.65. The number of benzene rings is 1. The van der Waals surface area contributed by atoms with Crippen molar-refractivity contribution < 1.29 is 18.9 Å². The van der Waals surface area contributed by atoms with Crippen LogP contribution in [0.1, 0.15) is 28.1 Å². The van der Waals surface area contributed by atoms with Crippen LogP contribution in [0, 0.1) is 11.3 Å². The number of nitrogens with zero attached hydrogens (tertiary/aromatic N) is 2. The summed E-state index contributed by atoms with van der Waals surface area (Å²) in [6.07, 6.45) is 1.86. The third-order valence-corrected chi connectivity index (χ3v) is 4.18. The Balaban J connectivity index is 1.93. The maximum absolute atomic E-state index is 12.7. The summed E-state index contributed by atoms with van der Waals surface area (Å²) in [4.78, 5) is 26.9. The van der Waals surface area contributed by atoms with E-state index < -0.39 is 0 Å². The lowest BCUT2D eigenvalue weighted by atomic mass is 10.1. The molecule has 0 fully saturated rings. The summed E-state index contributed by atoms with van der Waals surface area (Å²) in [6.45, 7) is 1.71. The van der Waals surface area contributed by atoms with Crippen molar-refractivity contribution in [3.63, 3.8) is 0 Å². The number of furan rings is 1. The molecular formula is C20H25N4O3+. The molecule has 1 aromatic heterocycles. The summed E-state index contributed by atoms with van der Waals surface area (Å²) in [6, 6.07) is 13.0. The van der Waals surface area contributed by atoms with Crippen LogP contribution in [0.2, 0.25) is 0 Å². The molecular weight excluding hydrogens is 344 g/mol. The quantitative estimate of drug-likeness (QED) is 0.677. The van der Waals surface area contributed by atoms with Crippen LogP contribution in [0.3, 0.4) is 0 Å². The number of hydrogen-bond donors (Lipinski definition) is 2. The molecule has 1 atom stereocenters. The van der Waals surface area contributed by atoms with E-state index in [1.54, 1.807) is 36.4 Å². The highest BCUT2D eigenvalue weighted by Gasteiger charge is 2.19. The Hall–Kier alpha value is -3.11. The Morgan fingerprint density at radius 1 is 1.26 bits per heavy atom. The van der Waals surface area contributed by atoms with Crippen molar-refractivity contribution in [1.29, 1.82) is 5.26 Å². The molecule has 0 spiro atoms. The summed E-state index contributed by atoms with van der Waals surface area (Å²) in [7, 11) is 3.54. The standard InChI is InChI=1S/C20H24N4O3/c1-22-20(26)17-8-6-16(7-9-17)13-23(2)15-19(25)24(11-4-10-21)14-18-5-3-12-27-18/h3,5-9,12H,4,11,13-15H2,1-2H3,(H,22,26)/p+1. The Kier molecular flexibility index (Phi) is 7.59. The molecule has 0 aliphatic heterocycles. The van der Waals surface area contributed by atoms with Crippen LogP contribution in [0.15, 0.2) is 47.1 Å². The molecule has 1 unspecified atom stereocenters. The number of hydrogen-bond acceptors (Lipinski definition) is 4. The average molecular weight is 369 g/mol. The number of amides is 2. The van der Waals surface area contributed by atoms with Crippen LogP contribution in [0.25, 0.3) is 0 Å². The maximum Gasteiger partial charge on any atom is 0.278 e. The number of carbonyl (C=O) groups excluding carboxylic acids is 2. The maximum atomic E-state index is 12.7. The zero-order chi connectivity index (χ0) is 19.6. The summed E-state index contributed by atoms with van der Waals surface area (Å²) in [5.74, 6) is 0.549. The zero-order valence-electron chi connectivity index (χ0n) is 15.7. The Bertz CT molecular complexity index is 779. The fraction of sp³-hybridized carbons (Fsp3) is 0.350. The third kappa shape index (κ3) is 6.28. The Morgan fingerprint density at radius 3 is 2.59 bits per heavy atom. The van der Waals surface area contributed by atoms with Crippen LogP contribution in [0.4, 0.5) is 0 Å². The summed E-state index contributed by atoms with van der Waals surface area (Å²) in [5, 5.41) is 11.4. The smallest absolute Gasteiger partial charge is 0.278 e. The van der Waals surface area contributed by atoms with Crippen LogP contribution in [0.5, 0.6) is 0 Å². The van der Waals surface area contributed by atoms with Crippen molar-refractivity contribution in [2.75, 3.05) is 27.2 Å². The summed E-state index contributed by atoms with van der Waals surface area (Å²) < 4.78 is 5.32. The fourth-order valence-corrected chi connectivity index (χ4v) is 2.77. The van der Waals surface area contributed by atoms with Crippen LogP contribution >= 0.6 is 0 Å². The van der Waals surface area contributed by atoms with E-state index in [0.717, 1.165) is 10.5 Å². The lowest BCUT2D eigenvalue weighted by Gasteiger charge is -2.22. The molecule has 2 rings (SSSR count). The van der Waals surface area contributed by atoms with Gasteiger partial charge in [0, 0.05) is 24.7 Å². The Morgan fingerprint density at radius 2 is 2.00 bits per heavy atom. The van der Waals surface area contributed by atoms with Gasteiger partial charge in [0.15, 0.2) is 6.54 Å². The topological polar surface area (TPSA) is 90.8 Å². The molecule has 2 aromatic rings. The molecule has 2 N–H and O–H groups in total. The minimum atomic E-state index is -0.122. The molecule has 142 valence electrons. The highest BCUT2D eigenvalue weighted by atomic mass is 16.3. The van der Waals surface area contributed by atoms with E-state index in [2.05, 4.69) is 11.4 Å². The lowest BCUT2D eigenvalue weighted by Crippen LogP contribution is -3.08. The minimum absolute atomic E-state index is 0.0267. The van der Waals surface area contributed by atoms with E-state index in [1.807, 2.05) is 25.2 Å². The Labute approximate surface area is 159 Å². The summed E-state index contributed by atoms with van der Waals surface area (Å²) >= 11 is 0. The number of carbonyl (C=O) groups is 2. The molecule has 7 nitrogen and oxygen atoms in total. The predicted octanol–water partition coefficient (Wildman–Crippen LogP) is 0.596. The second kappa shape index (κ2) is 10.1. The fourth-order valence-electron chi connectivity index (χ4n) is 2.77. The SMILES string of the molecule is CNC(=O)c1ccc(C[NH+](C)CC(=O)N(CCC#N)Cc2ccco2)cc1. The molecule has 7 heteroatoms. The van der Waals surface area contributed by atoms with Gasteiger partial charge in [0.25, 0.3) is 11.8 Å². The molecule has 1 heterocycles. The minimum Gasteiger partial charge on any atom is -0.467 e. The van der Waals surface area contributed by atoms with Crippen LogP contribution < -0.4 is 10.2 Å². The largest absolute Gasteiger partial charge is 0.467 e. The van der Waals surface area contributed by atoms with E-state index in [9.17, 15) is 9.59 Å². The molecule has 27 heavy (non-hydrogen) atoms. The van der Waals surface area contributed by atoms with Crippen molar-refractivity contribution in [3.8, 4) is 6.07 Å². The van der Waals surface area contributed by atoms with E-state index in [-0.39, 0.29) is 18.2 Å².